The number of hydrogen-bond donors (Lipinski definition) is 3. The van der Waals surface area contributed by atoms with Crippen LogP contribution in [0, 0.1) is 6.92 Å². The van der Waals surface area contributed by atoms with Crippen LogP contribution in [-0.2, 0) is 20.6 Å². The SMILES string of the molecule is Cc1ccc(Oc2ccc(S(=O)(=O)NC(O)(C(N)=O)C(C)(C)SCc3ccccn3)cc2)cc1. The van der Waals surface area contributed by atoms with Gasteiger partial charge in [0.2, 0.25) is 15.7 Å². The van der Waals surface area contributed by atoms with E-state index in [-0.39, 0.29) is 4.90 Å². The van der Waals surface area contributed by atoms with E-state index in [2.05, 4.69) is 9.71 Å². The summed E-state index contributed by atoms with van der Waals surface area (Å²) in [7, 11) is -4.31. The maximum atomic E-state index is 13.0. The second-order valence-corrected chi connectivity index (χ2v) is 11.5. The summed E-state index contributed by atoms with van der Waals surface area (Å²) in [4.78, 5) is 16.3. The Bertz CT molecular complexity index is 1230. The van der Waals surface area contributed by atoms with E-state index in [0.29, 0.717) is 22.9 Å². The predicted octanol–water partition coefficient (Wildman–Crippen LogP) is 3.35. The van der Waals surface area contributed by atoms with Crippen LogP contribution < -0.4 is 15.2 Å². The molecule has 8 nitrogen and oxygen atoms in total. The maximum absolute atomic E-state index is 13.0. The molecule has 3 rings (SSSR count). The molecule has 1 unspecified atom stereocenters. The van der Waals surface area contributed by atoms with Gasteiger partial charge < -0.3 is 15.6 Å². The largest absolute Gasteiger partial charge is 0.457 e. The number of sulfonamides is 1. The van der Waals surface area contributed by atoms with Crippen molar-refractivity contribution in [2.24, 2.45) is 5.73 Å². The minimum atomic E-state index is -4.31. The normalized spacial score (nSPS) is 13.8. The number of ether oxygens (including phenoxy) is 1. The van der Waals surface area contributed by atoms with Crippen molar-refractivity contribution in [2.45, 2.75) is 41.9 Å². The lowest BCUT2D eigenvalue weighted by molar-refractivity contribution is -0.140. The molecule has 0 saturated carbocycles. The van der Waals surface area contributed by atoms with Crippen LogP contribution >= 0.6 is 11.8 Å². The molecule has 180 valence electrons. The Hall–Kier alpha value is -2.92. The zero-order valence-corrected chi connectivity index (χ0v) is 20.7. The van der Waals surface area contributed by atoms with Crippen molar-refractivity contribution in [1.82, 2.24) is 9.71 Å². The molecular weight excluding hydrogens is 474 g/mol. The first-order valence-corrected chi connectivity index (χ1v) is 12.8. The number of carbonyl (C=O) groups excluding carboxylic acids is 1. The summed E-state index contributed by atoms with van der Waals surface area (Å²) >= 11 is 1.15. The highest BCUT2D eigenvalue weighted by atomic mass is 32.2. The number of amides is 1. The van der Waals surface area contributed by atoms with Crippen LogP contribution in [0.15, 0.2) is 77.8 Å². The van der Waals surface area contributed by atoms with Gasteiger partial charge in [0, 0.05) is 11.9 Å². The average molecular weight is 502 g/mol. The number of nitrogens with one attached hydrogen (secondary N) is 1. The van der Waals surface area contributed by atoms with Crippen LogP contribution in [0.4, 0.5) is 0 Å². The number of primary amides is 1. The van der Waals surface area contributed by atoms with Crippen molar-refractivity contribution in [3.05, 3.63) is 84.2 Å². The van der Waals surface area contributed by atoms with Crippen molar-refractivity contribution in [3.8, 4) is 11.5 Å². The number of nitrogens with two attached hydrogens (primary N) is 1. The molecule has 0 spiro atoms. The van der Waals surface area contributed by atoms with Gasteiger partial charge in [-0.1, -0.05) is 23.8 Å². The fourth-order valence-corrected chi connectivity index (χ4v) is 5.46. The van der Waals surface area contributed by atoms with Gasteiger partial charge in [-0.05, 0) is 69.3 Å². The quantitative estimate of drug-likeness (QED) is 0.363. The van der Waals surface area contributed by atoms with Gasteiger partial charge in [0.25, 0.3) is 5.91 Å². The second kappa shape index (κ2) is 10.1. The number of aliphatic hydroxyl groups is 1. The molecule has 1 aromatic heterocycles. The zero-order chi connectivity index (χ0) is 25.0. The lowest BCUT2D eigenvalue weighted by Crippen LogP contribution is -2.67. The van der Waals surface area contributed by atoms with Gasteiger partial charge >= 0.3 is 0 Å². The fraction of sp³-hybridized carbons (Fsp3) is 0.250. The molecule has 0 saturated heterocycles. The molecule has 0 radical (unpaired) electrons. The summed E-state index contributed by atoms with van der Waals surface area (Å²) in [5, 5.41) is 11.1. The molecular formula is C24H27N3O5S2. The Morgan fingerprint density at radius 3 is 2.18 bits per heavy atom. The van der Waals surface area contributed by atoms with Crippen LogP contribution in [0.25, 0.3) is 0 Å². The molecule has 2 aromatic carbocycles. The Labute approximate surface area is 203 Å². The van der Waals surface area contributed by atoms with E-state index in [1.807, 2.05) is 25.1 Å². The summed E-state index contributed by atoms with van der Waals surface area (Å²) in [6.45, 7) is 5.03. The summed E-state index contributed by atoms with van der Waals surface area (Å²) in [6.07, 6.45) is 1.62. The molecule has 1 amide bonds. The fourth-order valence-electron chi connectivity index (χ4n) is 2.99. The molecule has 0 fully saturated rings. The average Bonchev–Trinajstić information content (AvgIpc) is 2.80. The van der Waals surface area contributed by atoms with E-state index in [1.54, 1.807) is 30.5 Å². The van der Waals surface area contributed by atoms with E-state index in [9.17, 15) is 18.3 Å². The molecule has 10 heteroatoms. The molecule has 1 heterocycles. The highest BCUT2D eigenvalue weighted by Gasteiger charge is 2.52. The highest BCUT2D eigenvalue weighted by Crippen LogP contribution is 2.37. The van der Waals surface area contributed by atoms with Crippen LogP contribution in [-0.4, -0.2) is 34.9 Å². The van der Waals surface area contributed by atoms with Crippen LogP contribution in [0.1, 0.15) is 25.1 Å². The first-order valence-electron chi connectivity index (χ1n) is 10.4. The summed E-state index contributed by atoms with van der Waals surface area (Å²) in [6, 6.07) is 18.4. The Morgan fingerprint density at radius 1 is 1.06 bits per heavy atom. The van der Waals surface area contributed by atoms with E-state index in [0.717, 1.165) is 17.3 Å². The lowest BCUT2D eigenvalue weighted by Gasteiger charge is -2.39. The van der Waals surface area contributed by atoms with Crippen molar-refractivity contribution in [3.63, 3.8) is 0 Å². The monoisotopic (exact) mass is 501 g/mol. The van der Waals surface area contributed by atoms with Gasteiger partial charge in [-0.15, -0.1) is 11.8 Å². The molecule has 0 aliphatic rings. The van der Waals surface area contributed by atoms with Gasteiger partial charge in [-0.3, -0.25) is 9.78 Å². The van der Waals surface area contributed by atoms with E-state index in [1.165, 1.54) is 38.1 Å². The van der Waals surface area contributed by atoms with Crippen molar-refractivity contribution in [1.29, 1.82) is 0 Å². The number of carbonyl (C=O) groups is 1. The second-order valence-electron chi connectivity index (χ2n) is 8.19. The summed E-state index contributed by atoms with van der Waals surface area (Å²) < 4.78 is 32.6. The Kier molecular flexibility index (Phi) is 7.67. The standard InChI is InChI=1S/C24H27N3O5S2/c1-17-7-9-19(10-8-17)32-20-11-13-21(14-12-20)34(30,31)27-24(29,22(25)28)23(2,3)33-16-18-6-4-5-15-26-18/h4-15,27,29H,16H2,1-3H3,(H2,25,28). The first-order chi connectivity index (χ1) is 15.9. The van der Waals surface area contributed by atoms with Gasteiger partial charge in [0.05, 0.1) is 15.3 Å². The molecule has 4 N–H and O–H groups in total. The molecule has 0 aliphatic carbocycles. The van der Waals surface area contributed by atoms with E-state index < -0.39 is 26.4 Å². The number of rotatable bonds is 10. The molecule has 0 aliphatic heterocycles. The third-order valence-electron chi connectivity index (χ3n) is 5.21. The number of benzene rings is 2. The molecule has 0 bridgehead atoms. The summed E-state index contributed by atoms with van der Waals surface area (Å²) in [5.41, 5.74) is 4.69. The van der Waals surface area contributed by atoms with Crippen molar-refractivity contribution >= 4 is 27.7 Å². The van der Waals surface area contributed by atoms with Crippen LogP contribution in [0.5, 0.6) is 11.5 Å². The van der Waals surface area contributed by atoms with Gasteiger partial charge in [-0.25, -0.2) is 8.42 Å². The van der Waals surface area contributed by atoms with E-state index >= 15 is 0 Å². The van der Waals surface area contributed by atoms with Gasteiger partial charge in [0.15, 0.2) is 0 Å². The molecule has 3 aromatic rings. The predicted molar refractivity (Wildman–Crippen MR) is 132 cm³/mol. The number of aryl methyl sites for hydroxylation is 1. The highest BCUT2D eigenvalue weighted by molar-refractivity contribution is 8.00. The van der Waals surface area contributed by atoms with Crippen molar-refractivity contribution in [2.75, 3.05) is 0 Å². The minimum Gasteiger partial charge on any atom is -0.457 e. The topological polar surface area (TPSA) is 132 Å². The van der Waals surface area contributed by atoms with Crippen LogP contribution in [0.2, 0.25) is 0 Å². The number of pyridine rings is 1. The Balaban J connectivity index is 1.78. The van der Waals surface area contributed by atoms with Gasteiger partial charge in [0.1, 0.15) is 11.5 Å². The third-order valence-corrected chi connectivity index (χ3v) is 8.12. The molecule has 34 heavy (non-hydrogen) atoms. The molecule has 1 atom stereocenters. The smallest absolute Gasteiger partial charge is 0.267 e. The number of hydrogen-bond acceptors (Lipinski definition) is 7. The number of aromatic nitrogens is 1. The lowest BCUT2D eigenvalue weighted by atomic mass is 9.99. The van der Waals surface area contributed by atoms with Crippen LogP contribution in [0.3, 0.4) is 0 Å². The minimum absolute atomic E-state index is 0.158. The zero-order valence-electron chi connectivity index (χ0n) is 19.1. The summed E-state index contributed by atoms with van der Waals surface area (Å²) in [5.74, 6) is 0.151. The number of thioether (sulfide) groups is 1. The first kappa shape index (κ1) is 25.7. The van der Waals surface area contributed by atoms with Gasteiger partial charge in [-0.2, -0.15) is 4.72 Å². The Morgan fingerprint density at radius 2 is 1.65 bits per heavy atom. The maximum Gasteiger partial charge on any atom is 0.267 e. The third kappa shape index (κ3) is 5.95. The number of nitrogens with zero attached hydrogens (tertiary/aromatic N) is 1. The van der Waals surface area contributed by atoms with E-state index in [4.69, 9.17) is 10.5 Å². The van der Waals surface area contributed by atoms with Crippen molar-refractivity contribution < 1.29 is 23.1 Å².